The first-order chi connectivity index (χ1) is 47.3. The van der Waals surface area contributed by atoms with Gasteiger partial charge in [-0.3, -0.25) is 38.4 Å². The zero-order chi connectivity index (χ0) is 71.6. The normalized spacial score (nSPS) is 12.0. The van der Waals surface area contributed by atoms with Crippen LogP contribution in [0.5, 0.6) is 0 Å². The van der Waals surface area contributed by atoms with Crippen LogP contribution in [-0.2, 0) is 112 Å². The predicted molar refractivity (Wildman–Crippen MR) is 360 cm³/mol. The van der Waals surface area contributed by atoms with Crippen molar-refractivity contribution in [2.75, 3.05) is 199 Å². The zero-order valence-corrected chi connectivity index (χ0v) is 58.8. The van der Waals surface area contributed by atoms with E-state index in [-0.39, 0.29) is 75.9 Å². The van der Waals surface area contributed by atoms with Gasteiger partial charge in [0, 0.05) is 62.6 Å². The zero-order valence-electron chi connectivity index (χ0n) is 58.8. The summed E-state index contributed by atoms with van der Waals surface area (Å²) in [6, 6.07) is 6.61. The van der Waals surface area contributed by atoms with Crippen LogP contribution in [0.1, 0.15) is 103 Å². The van der Waals surface area contributed by atoms with Gasteiger partial charge in [-0.1, -0.05) is 83.7 Å². The van der Waals surface area contributed by atoms with Crippen molar-refractivity contribution in [3.8, 4) is 11.8 Å². The monoisotopic (exact) mass is 1390 g/mol. The molecule has 0 saturated carbocycles. The van der Waals surface area contributed by atoms with Gasteiger partial charge in [0.25, 0.3) is 0 Å². The minimum atomic E-state index is -1.15. The van der Waals surface area contributed by atoms with Gasteiger partial charge in [0.2, 0.25) is 41.4 Å². The lowest BCUT2D eigenvalue weighted by atomic mass is 9.91. The summed E-state index contributed by atoms with van der Waals surface area (Å²) in [5.74, 6) is 2.63. The minimum absolute atomic E-state index is 0.0334. The molecule has 2 atom stereocenters. The van der Waals surface area contributed by atoms with E-state index in [9.17, 15) is 38.4 Å². The molecular weight excluding hydrogens is 1280 g/mol. The van der Waals surface area contributed by atoms with E-state index in [2.05, 4.69) is 59.0 Å². The molecule has 0 unspecified atom stereocenters. The minimum Gasteiger partial charge on any atom is -0.382 e. The van der Waals surface area contributed by atoms with Crippen molar-refractivity contribution in [3.05, 3.63) is 59.7 Å². The molecule has 98 heavy (non-hydrogen) atoms. The molecule has 1 aromatic carbocycles. The van der Waals surface area contributed by atoms with Gasteiger partial charge in [-0.05, 0) is 31.2 Å². The molecule has 0 saturated heterocycles. The smallest absolute Gasteiger partial charge is 0.243 e. The maximum atomic E-state index is 13.5. The van der Waals surface area contributed by atoms with Crippen molar-refractivity contribution < 1.29 is 99.9 Å². The van der Waals surface area contributed by atoms with Crippen molar-refractivity contribution in [3.63, 3.8) is 0 Å². The molecule has 2 rings (SSSR count). The SMILES string of the molecule is COCCOCCOCCOCCOCCOCCOCCOCCOCCOCCOCCOCCC(=O)N[C@@H](CCCCNC(=O)CCCC#Cc1cnc(C(C)(C)C)nc1)C(=O)NCC(=O)NCC(=O)N[C@@H](Cc1ccccc1)C(=O)NCC(=O)NCOCC(=O)C(C)(C)C. The average Bonchev–Trinajstić information content (AvgIpc) is 0.890. The summed E-state index contributed by atoms with van der Waals surface area (Å²) in [6.45, 7) is 19.1. The highest BCUT2D eigenvalue weighted by Crippen LogP contribution is 2.17. The van der Waals surface area contributed by atoms with Gasteiger partial charge in [-0.15, -0.1) is 0 Å². The maximum absolute atomic E-state index is 13.5. The number of hydrogen-bond donors (Lipinski definition) is 7. The third-order valence-electron chi connectivity index (χ3n) is 13.4. The molecule has 554 valence electrons. The maximum Gasteiger partial charge on any atom is 0.243 e. The molecule has 30 nitrogen and oxygen atoms in total. The molecule has 0 spiro atoms. The molecule has 1 aromatic heterocycles. The third-order valence-corrected chi connectivity index (χ3v) is 13.4. The summed E-state index contributed by atoms with van der Waals surface area (Å²) in [5, 5.41) is 18.1. The lowest BCUT2D eigenvalue weighted by Crippen LogP contribution is -2.53. The molecule has 7 N–H and O–H groups in total. The van der Waals surface area contributed by atoms with Crippen LogP contribution in [0.2, 0.25) is 0 Å². The van der Waals surface area contributed by atoms with Gasteiger partial charge in [-0.2, -0.15) is 0 Å². The van der Waals surface area contributed by atoms with Crippen molar-refractivity contribution in [2.45, 2.75) is 110 Å². The summed E-state index contributed by atoms with van der Waals surface area (Å²) in [6.07, 6.45) is 5.73. The van der Waals surface area contributed by atoms with E-state index in [0.29, 0.717) is 175 Å². The number of ether oxygens (including phenoxy) is 13. The van der Waals surface area contributed by atoms with Crippen molar-refractivity contribution in [1.29, 1.82) is 0 Å². The number of nitrogens with zero attached hydrogens (tertiary/aromatic N) is 2. The van der Waals surface area contributed by atoms with Gasteiger partial charge >= 0.3 is 0 Å². The Bertz CT molecular complexity index is 2550. The Morgan fingerprint density at radius 3 is 1.36 bits per heavy atom. The van der Waals surface area contributed by atoms with E-state index < -0.39 is 72.6 Å². The Balaban J connectivity index is 1.68. The van der Waals surface area contributed by atoms with E-state index in [1.54, 1.807) is 70.6 Å². The second kappa shape index (κ2) is 57.1. The first-order valence-electron chi connectivity index (χ1n) is 33.5. The topological polar surface area (TPSA) is 367 Å². The lowest BCUT2D eigenvalue weighted by Gasteiger charge is -2.20. The fourth-order valence-electron chi connectivity index (χ4n) is 7.90. The van der Waals surface area contributed by atoms with Gasteiger partial charge in [0.15, 0.2) is 5.78 Å². The number of rotatable bonds is 60. The summed E-state index contributed by atoms with van der Waals surface area (Å²) in [7, 11) is 1.63. The summed E-state index contributed by atoms with van der Waals surface area (Å²) in [5.41, 5.74) is 0.613. The highest BCUT2D eigenvalue weighted by Gasteiger charge is 2.25. The summed E-state index contributed by atoms with van der Waals surface area (Å²) >= 11 is 0. The van der Waals surface area contributed by atoms with Crippen LogP contribution in [0.15, 0.2) is 42.7 Å². The van der Waals surface area contributed by atoms with E-state index in [1.165, 1.54) is 0 Å². The van der Waals surface area contributed by atoms with Gasteiger partial charge in [-0.25, -0.2) is 9.97 Å². The van der Waals surface area contributed by atoms with Crippen molar-refractivity contribution in [2.24, 2.45) is 5.41 Å². The number of nitrogens with one attached hydrogen (secondary N) is 7. The molecule has 0 fully saturated rings. The number of hydrogen-bond acceptors (Lipinski definition) is 23. The molecule has 1 heterocycles. The molecule has 30 heteroatoms. The van der Waals surface area contributed by atoms with Crippen LogP contribution in [0, 0.1) is 17.3 Å². The second-order valence-electron chi connectivity index (χ2n) is 23.9. The number of Topliss-reactive ketones (excluding diaryl/α,β-unsaturated/α-hetero) is 1. The standard InChI is InChI=1S/C68H111N9O21/c1-67(2,3)58(78)52-98-53-75-62(82)50-72-65(85)57(46-54-16-10-8-11-17-54)77-63(83)51-70-61(81)49-71-64(84)56(19-14-15-22-69-59(79)20-13-9-12-18-55-47-73-66(74-48-55)68(4,5)6)76-60(80)21-23-87-26-27-89-30-31-91-34-35-93-38-39-95-42-43-97-45-44-96-41-40-94-37-36-92-33-32-90-29-28-88-25-24-86-7/h8,10-11,16-17,47-48,56-57H,9,13-15,19-46,49-53H2,1-7H3,(H,69,79)(H,70,81)(H,71,84)(H,72,85)(H,75,82)(H,76,80)(H,77,83)/t56-,57-/m0/s1. The highest BCUT2D eigenvalue weighted by molar-refractivity contribution is 5.94. The molecule has 0 bridgehead atoms. The number of methoxy groups -OCH3 is 1. The Morgan fingerprint density at radius 2 is 0.888 bits per heavy atom. The molecule has 7 amide bonds. The van der Waals surface area contributed by atoms with E-state index in [0.717, 1.165) is 5.82 Å². The number of benzene rings is 1. The van der Waals surface area contributed by atoms with E-state index in [4.69, 9.17) is 61.6 Å². The van der Waals surface area contributed by atoms with Crippen LogP contribution in [-0.4, -0.2) is 268 Å². The lowest BCUT2D eigenvalue weighted by molar-refractivity contribution is -0.133. The molecular formula is C68H111N9O21. The second-order valence-corrected chi connectivity index (χ2v) is 23.9. The van der Waals surface area contributed by atoms with Crippen molar-refractivity contribution in [1.82, 2.24) is 47.2 Å². The Labute approximate surface area is 578 Å². The van der Waals surface area contributed by atoms with E-state index >= 15 is 0 Å². The summed E-state index contributed by atoms with van der Waals surface area (Å²) in [4.78, 5) is 112. The van der Waals surface area contributed by atoms with Crippen LogP contribution < -0.4 is 37.2 Å². The number of aromatic nitrogens is 2. The number of ketones is 1. The quantitative estimate of drug-likeness (QED) is 0.0277. The van der Waals surface area contributed by atoms with Crippen LogP contribution in [0.25, 0.3) is 0 Å². The van der Waals surface area contributed by atoms with Crippen molar-refractivity contribution >= 4 is 47.1 Å². The Kier molecular flexibility index (Phi) is 50.9. The van der Waals surface area contributed by atoms with Gasteiger partial charge in [0.05, 0.1) is 177 Å². The molecule has 0 aliphatic carbocycles. The van der Waals surface area contributed by atoms with Crippen LogP contribution >= 0.6 is 0 Å². The number of unbranched alkanes of at least 4 members (excludes halogenated alkanes) is 2. The average molecular weight is 1390 g/mol. The Hall–Kier alpha value is -6.70. The molecule has 2 aromatic rings. The highest BCUT2D eigenvalue weighted by atomic mass is 16.6. The number of carbonyl (C=O) groups excluding carboxylic acids is 8. The Morgan fingerprint density at radius 1 is 0.449 bits per heavy atom. The predicted octanol–water partition coefficient (Wildman–Crippen LogP) is 1.07. The third kappa shape index (κ3) is 49.8. The fraction of sp³-hybridized carbons (Fsp3) is 0.706. The van der Waals surface area contributed by atoms with Gasteiger partial charge in [0.1, 0.15) is 31.2 Å². The molecule has 0 radical (unpaired) electrons. The van der Waals surface area contributed by atoms with E-state index in [1.807, 2.05) is 20.8 Å². The fourth-order valence-corrected chi connectivity index (χ4v) is 7.90. The largest absolute Gasteiger partial charge is 0.382 e. The van der Waals surface area contributed by atoms with Crippen LogP contribution in [0.4, 0.5) is 0 Å². The molecule has 0 aliphatic heterocycles. The van der Waals surface area contributed by atoms with Crippen LogP contribution in [0.3, 0.4) is 0 Å². The first-order valence-corrected chi connectivity index (χ1v) is 33.5. The first kappa shape index (κ1) is 87.4. The number of carbonyl (C=O) groups is 8. The van der Waals surface area contributed by atoms with Gasteiger partial charge < -0.3 is 98.8 Å². The number of amides is 7. The molecule has 0 aliphatic rings. The summed E-state index contributed by atoms with van der Waals surface area (Å²) < 4.78 is 70.6.